The molecule has 106 valence electrons. The molecule has 4 nitrogen and oxygen atoms in total. The van der Waals surface area contributed by atoms with E-state index in [2.05, 4.69) is 11.1 Å². The molecule has 0 spiro atoms. The van der Waals surface area contributed by atoms with Crippen molar-refractivity contribution in [1.82, 2.24) is 9.55 Å². The van der Waals surface area contributed by atoms with Crippen molar-refractivity contribution in [3.8, 4) is 11.1 Å². The SMILES string of the molecule is CCC(=O)n1cc(CN)c2ccc(-c3ccncc3)cc21. The Hall–Kier alpha value is -2.46. The van der Waals surface area contributed by atoms with Crippen LogP contribution in [0.2, 0.25) is 0 Å². The molecule has 2 aromatic heterocycles. The molecule has 0 aliphatic rings. The number of benzene rings is 1. The quantitative estimate of drug-likeness (QED) is 0.800. The Morgan fingerprint density at radius 3 is 2.62 bits per heavy atom. The summed E-state index contributed by atoms with van der Waals surface area (Å²) in [6.07, 6.45) is 5.85. The van der Waals surface area contributed by atoms with Crippen LogP contribution in [-0.4, -0.2) is 15.5 Å². The van der Waals surface area contributed by atoms with Gasteiger partial charge in [0.2, 0.25) is 5.91 Å². The number of nitrogens with two attached hydrogens (primary N) is 1. The number of carbonyl (C=O) groups excluding carboxylic acids is 1. The Morgan fingerprint density at radius 2 is 1.95 bits per heavy atom. The van der Waals surface area contributed by atoms with Crippen molar-refractivity contribution < 1.29 is 4.79 Å². The van der Waals surface area contributed by atoms with Crippen LogP contribution < -0.4 is 5.73 Å². The van der Waals surface area contributed by atoms with E-state index in [0.717, 1.165) is 27.6 Å². The number of nitrogens with zero attached hydrogens (tertiary/aromatic N) is 2. The van der Waals surface area contributed by atoms with Crippen molar-refractivity contribution in [3.63, 3.8) is 0 Å². The van der Waals surface area contributed by atoms with E-state index in [1.54, 1.807) is 17.0 Å². The Morgan fingerprint density at radius 1 is 1.19 bits per heavy atom. The van der Waals surface area contributed by atoms with Gasteiger partial charge in [-0.1, -0.05) is 19.1 Å². The van der Waals surface area contributed by atoms with Crippen LogP contribution in [0.25, 0.3) is 22.0 Å². The smallest absolute Gasteiger partial charge is 0.230 e. The van der Waals surface area contributed by atoms with Gasteiger partial charge < -0.3 is 5.73 Å². The van der Waals surface area contributed by atoms with Crippen molar-refractivity contribution >= 4 is 16.8 Å². The highest BCUT2D eigenvalue weighted by molar-refractivity contribution is 5.96. The molecule has 3 aromatic rings. The maximum Gasteiger partial charge on any atom is 0.230 e. The summed E-state index contributed by atoms with van der Waals surface area (Å²) in [6.45, 7) is 2.29. The third-order valence-electron chi connectivity index (χ3n) is 3.69. The largest absolute Gasteiger partial charge is 0.326 e. The molecular weight excluding hydrogens is 262 g/mol. The summed E-state index contributed by atoms with van der Waals surface area (Å²) in [5.74, 6) is 0.0755. The fourth-order valence-electron chi connectivity index (χ4n) is 2.56. The van der Waals surface area contributed by atoms with Crippen LogP contribution in [0.1, 0.15) is 23.7 Å². The van der Waals surface area contributed by atoms with E-state index >= 15 is 0 Å². The van der Waals surface area contributed by atoms with Gasteiger partial charge in [0.15, 0.2) is 0 Å². The number of hydrogen-bond donors (Lipinski definition) is 1. The number of rotatable bonds is 3. The highest BCUT2D eigenvalue weighted by Crippen LogP contribution is 2.27. The molecule has 0 aliphatic heterocycles. The Balaban J connectivity index is 2.22. The lowest BCUT2D eigenvalue weighted by atomic mass is 10.0. The predicted octanol–water partition coefficient (Wildman–Crippen LogP) is 3.21. The van der Waals surface area contributed by atoms with Crippen LogP contribution in [0.15, 0.2) is 48.9 Å². The van der Waals surface area contributed by atoms with E-state index in [9.17, 15) is 4.79 Å². The minimum Gasteiger partial charge on any atom is -0.326 e. The average molecular weight is 279 g/mol. The molecule has 0 atom stereocenters. The standard InChI is InChI=1S/C17H17N3O/c1-2-17(21)20-11-14(10-18)15-4-3-13(9-16(15)20)12-5-7-19-8-6-12/h3-9,11H,2,10,18H2,1H3. The summed E-state index contributed by atoms with van der Waals surface area (Å²) in [5.41, 5.74) is 9.84. The van der Waals surface area contributed by atoms with Crippen LogP contribution in [0, 0.1) is 0 Å². The molecule has 1 aromatic carbocycles. The molecular formula is C17H17N3O. The van der Waals surface area contributed by atoms with E-state index < -0.39 is 0 Å². The second kappa shape index (κ2) is 5.50. The van der Waals surface area contributed by atoms with Gasteiger partial charge in [0.05, 0.1) is 5.52 Å². The van der Waals surface area contributed by atoms with Crippen molar-refractivity contribution in [3.05, 3.63) is 54.5 Å². The second-order valence-electron chi connectivity index (χ2n) is 4.94. The molecule has 2 heterocycles. The van der Waals surface area contributed by atoms with Gasteiger partial charge in [-0.05, 0) is 34.9 Å². The summed E-state index contributed by atoms with van der Waals surface area (Å²) in [5, 5.41) is 1.04. The monoisotopic (exact) mass is 279 g/mol. The van der Waals surface area contributed by atoms with Gasteiger partial charge in [0.25, 0.3) is 0 Å². The van der Waals surface area contributed by atoms with Gasteiger partial charge >= 0.3 is 0 Å². The minimum absolute atomic E-state index is 0.0755. The second-order valence-corrected chi connectivity index (χ2v) is 4.94. The van der Waals surface area contributed by atoms with Gasteiger partial charge in [-0.15, -0.1) is 0 Å². The molecule has 2 N–H and O–H groups in total. The van der Waals surface area contributed by atoms with Gasteiger partial charge in [-0.2, -0.15) is 0 Å². The topological polar surface area (TPSA) is 60.9 Å². The lowest BCUT2D eigenvalue weighted by molar-refractivity contribution is 0.0914. The summed E-state index contributed by atoms with van der Waals surface area (Å²) >= 11 is 0. The van der Waals surface area contributed by atoms with Gasteiger partial charge in [-0.25, -0.2) is 0 Å². The first-order chi connectivity index (χ1) is 10.2. The summed E-state index contributed by atoms with van der Waals surface area (Å²) < 4.78 is 1.71. The molecule has 0 unspecified atom stereocenters. The Kier molecular flexibility index (Phi) is 3.54. The number of aromatic nitrogens is 2. The first kappa shape index (κ1) is 13.5. The Labute approximate surface area is 123 Å². The number of hydrogen-bond acceptors (Lipinski definition) is 3. The van der Waals surface area contributed by atoms with Crippen molar-refractivity contribution in [2.75, 3.05) is 0 Å². The molecule has 0 saturated carbocycles. The fourth-order valence-corrected chi connectivity index (χ4v) is 2.56. The highest BCUT2D eigenvalue weighted by atomic mass is 16.1. The summed E-state index contributed by atoms with van der Waals surface area (Å²) in [7, 11) is 0. The van der Waals surface area contributed by atoms with Crippen molar-refractivity contribution in [1.29, 1.82) is 0 Å². The zero-order chi connectivity index (χ0) is 14.8. The van der Waals surface area contributed by atoms with E-state index in [1.165, 1.54) is 0 Å². The third-order valence-corrected chi connectivity index (χ3v) is 3.69. The van der Waals surface area contributed by atoms with Crippen molar-refractivity contribution in [2.45, 2.75) is 19.9 Å². The molecule has 3 rings (SSSR count). The number of fused-ring (bicyclic) bond motifs is 1. The molecule has 0 fully saturated rings. The summed E-state index contributed by atoms with van der Waals surface area (Å²) in [6, 6.07) is 10.0. The van der Waals surface area contributed by atoms with Crippen LogP contribution in [0.4, 0.5) is 0 Å². The summed E-state index contributed by atoms with van der Waals surface area (Å²) in [4.78, 5) is 16.2. The molecule has 0 radical (unpaired) electrons. The number of pyridine rings is 1. The van der Waals surface area contributed by atoms with Crippen LogP contribution in [0.3, 0.4) is 0 Å². The first-order valence-electron chi connectivity index (χ1n) is 7.02. The highest BCUT2D eigenvalue weighted by Gasteiger charge is 2.12. The maximum atomic E-state index is 12.1. The molecule has 0 aliphatic carbocycles. The molecule has 4 heteroatoms. The molecule has 21 heavy (non-hydrogen) atoms. The molecule has 0 bridgehead atoms. The van der Waals surface area contributed by atoms with E-state index in [-0.39, 0.29) is 5.91 Å². The van der Waals surface area contributed by atoms with Gasteiger partial charge in [-0.3, -0.25) is 14.3 Å². The minimum atomic E-state index is 0.0755. The lowest BCUT2D eigenvalue weighted by Crippen LogP contribution is -2.07. The number of carbonyl (C=O) groups is 1. The van der Waals surface area contributed by atoms with Crippen LogP contribution in [0.5, 0.6) is 0 Å². The fraction of sp³-hybridized carbons (Fsp3) is 0.176. The zero-order valence-electron chi connectivity index (χ0n) is 11.9. The van der Waals surface area contributed by atoms with Crippen LogP contribution >= 0.6 is 0 Å². The van der Waals surface area contributed by atoms with Gasteiger partial charge in [0.1, 0.15) is 0 Å². The Bertz CT molecular complexity index is 790. The average Bonchev–Trinajstić information content (AvgIpc) is 2.93. The predicted molar refractivity (Wildman–Crippen MR) is 84.0 cm³/mol. The van der Waals surface area contributed by atoms with E-state index in [0.29, 0.717) is 13.0 Å². The lowest BCUT2D eigenvalue weighted by Gasteiger charge is -2.05. The van der Waals surface area contributed by atoms with E-state index in [1.807, 2.05) is 37.4 Å². The molecule has 0 amide bonds. The third kappa shape index (κ3) is 2.34. The first-order valence-corrected chi connectivity index (χ1v) is 7.02. The normalized spacial score (nSPS) is 11.0. The van der Waals surface area contributed by atoms with Crippen molar-refractivity contribution in [2.24, 2.45) is 5.73 Å². The van der Waals surface area contributed by atoms with Crippen LogP contribution in [-0.2, 0) is 6.54 Å². The zero-order valence-corrected chi connectivity index (χ0v) is 11.9. The maximum absolute atomic E-state index is 12.1. The molecule has 0 saturated heterocycles. The van der Waals surface area contributed by atoms with Gasteiger partial charge in [0, 0.05) is 36.9 Å². The van der Waals surface area contributed by atoms with E-state index in [4.69, 9.17) is 5.73 Å².